The molecule has 0 spiro atoms. The van der Waals surface area contributed by atoms with Gasteiger partial charge >= 0.3 is 0 Å². The van der Waals surface area contributed by atoms with Crippen LogP contribution in [-0.2, 0) is 26.2 Å². The van der Waals surface area contributed by atoms with E-state index in [4.69, 9.17) is 11.6 Å². The number of benzene rings is 2. The van der Waals surface area contributed by atoms with Gasteiger partial charge in [0.15, 0.2) is 0 Å². The Bertz CT molecular complexity index is 1160. The molecule has 1 N–H and O–H groups in total. The zero-order valence-electron chi connectivity index (χ0n) is 20.6. The highest BCUT2D eigenvalue weighted by atomic mass is 35.5. The van der Waals surface area contributed by atoms with Gasteiger partial charge in [-0.15, -0.1) is 0 Å². The molecule has 194 valence electrons. The van der Waals surface area contributed by atoms with Gasteiger partial charge in [0.05, 0.1) is 10.8 Å². The van der Waals surface area contributed by atoms with Crippen molar-refractivity contribution >= 4 is 33.4 Å². The summed E-state index contributed by atoms with van der Waals surface area (Å²) in [6.45, 7) is 2.80. The molecule has 7 nitrogen and oxygen atoms in total. The van der Waals surface area contributed by atoms with Crippen molar-refractivity contribution < 1.29 is 18.0 Å². The van der Waals surface area contributed by atoms with Crippen molar-refractivity contribution in [1.29, 1.82) is 0 Å². The van der Waals surface area contributed by atoms with Crippen LogP contribution in [0.3, 0.4) is 0 Å². The Balaban J connectivity index is 1.60. The van der Waals surface area contributed by atoms with Gasteiger partial charge in [-0.3, -0.25) is 9.59 Å². The van der Waals surface area contributed by atoms with Gasteiger partial charge in [0, 0.05) is 43.7 Å². The van der Waals surface area contributed by atoms with Gasteiger partial charge in [0.25, 0.3) is 0 Å². The molecule has 1 aliphatic carbocycles. The normalized spacial score (nSPS) is 22.9. The van der Waals surface area contributed by atoms with Crippen LogP contribution in [0.4, 0.5) is 0 Å². The van der Waals surface area contributed by atoms with E-state index in [1.54, 1.807) is 51.7 Å². The number of nitrogens with zero attached hydrogens (tertiary/aromatic N) is 2. The van der Waals surface area contributed by atoms with Crippen molar-refractivity contribution in [1.82, 2.24) is 14.5 Å². The summed E-state index contributed by atoms with van der Waals surface area (Å²) in [6, 6.07) is 15.0. The van der Waals surface area contributed by atoms with E-state index in [9.17, 15) is 18.0 Å². The van der Waals surface area contributed by atoms with Crippen molar-refractivity contribution in [3.63, 3.8) is 0 Å². The van der Waals surface area contributed by atoms with Gasteiger partial charge in [-0.25, -0.2) is 8.42 Å². The average Bonchev–Trinajstić information content (AvgIpc) is 2.89. The summed E-state index contributed by atoms with van der Waals surface area (Å²) in [5.74, 6) is -0.395. The molecule has 1 aliphatic heterocycles. The highest BCUT2D eigenvalue weighted by Crippen LogP contribution is 2.31. The molecule has 3 atom stereocenters. The van der Waals surface area contributed by atoms with Crippen LogP contribution in [-0.4, -0.2) is 54.6 Å². The van der Waals surface area contributed by atoms with E-state index in [-0.39, 0.29) is 41.3 Å². The summed E-state index contributed by atoms with van der Waals surface area (Å²) in [7, 11) is -3.83. The first kappa shape index (κ1) is 26.6. The molecule has 0 aromatic heterocycles. The number of hydrogen-bond donors (Lipinski definition) is 1. The molecule has 1 heterocycles. The zero-order valence-corrected chi connectivity index (χ0v) is 22.2. The highest BCUT2D eigenvalue weighted by Gasteiger charge is 2.39. The molecule has 2 aromatic carbocycles. The van der Waals surface area contributed by atoms with Crippen LogP contribution < -0.4 is 5.32 Å². The summed E-state index contributed by atoms with van der Waals surface area (Å²) in [5, 5.41) is 3.78. The third-order valence-electron chi connectivity index (χ3n) is 7.27. The molecule has 0 unspecified atom stereocenters. The quantitative estimate of drug-likeness (QED) is 0.579. The molecule has 2 aliphatic rings. The minimum absolute atomic E-state index is 0.0221. The molecule has 2 amide bonds. The summed E-state index contributed by atoms with van der Waals surface area (Å²) in [5.41, 5.74) is 0.832. The lowest BCUT2D eigenvalue weighted by Crippen LogP contribution is -2.56. The smallest absolute Gasteiger partial charge is 0.243 e. The van der Waals surface area contributed by atoms with Gasteiger partial charge in [-0.2, -0.15) is 4.31 Å². The lowest BCUT2D eigenvalue weighted by molar-refractivity contribution is -0.134. The minimum Gasteiger partial charge on any atom is -0.351 e. The largest absolute Gasteiger partial charge is 0.351 e. The second-order valence-corrected chi connectivity index (χ2v) is 12.1. The number of nitrogens with one attached hydrogen (secondary N) is 1. The van der Waals surface area contributed by atoms with Crippen molar-refractivity contribution in [2.45, 2.75) is 69.0 Å². The number of likely N-dealkylation sites (tertiary alicyclic amines) is 1. The molecule has 36 heavy (non-hydrogen) atoms. The van der Waals surface area contributed by atoms with Crippen LogP contribution in [0.2, 0.25) is 5.02 Å². The molecule has 9 heteroatoms. The summed E-state index contributed by atoms with van der Waals surface area (Å²) >= 11 is 6.06. The van der Waals surface area contributed by atoms with Gasteiger partial charge < -0.3 is 10.2 Å². The van der Waals surface area contributed by atoms with E-state index in [1.165, 1.54) is 6.92 Å². The predicted octanol–water partition coefficient (Wildman–Crippen LogP) is 4.22. The second kappa shape index (κ2) is 11.8. The van der Waals surface area contributed by atoms with Crippen molar-refractivity contribution in [3.8, 4) is 0 Å². The number of sulfonamides is 1. The van der Waals surface area contributed by atoms with E-state index in [2.05, 4.69) is 5.32 Å². The Morgan fingerprint density at radius 1 is 1.00 bits per heavy atom. The molecule has 0 radical (unpaired) electrons. The molecule has 0 bridgehead atoms. The molecule has 2 fully saturated rings. The third kappa shape index (κ3) is 6.28. The van der Waals surface area contributed by atoms with E-state index in [1.807, 2.05) is 12.1 Å². The third-order valence-corrected chi connectivity index (χ3v) is 9.40. The SMILES string of the molecule is CC(=O)N1CCC[C@@H](C(=O)N[C@@H]2CCCC[C@H]2N(Cc2ccc(Cl)cc2)S(=O)(=O)c2ccccc2)C1. The number of carbonyl (C=O) groups is 2. The molecule has 2 aromatic rings. The number of carbonyl (C=O) groups excluding carboxylic acids is 2. The fraction of sp³-hybridized carbons (Fsp3) is 0.481. The second-order valence-electron chi connectivity index (χ2n) is 9.76. The number of amides is 2. The number of halogens is 1. The van der Waals surface area contributed by atoms with Crippen LogP contribution >= 0.6 is 11.6 Å². The monoisotopic (exact) mass is 531 g/mol. The van der Waals surface area contributed by atoms with Crippen LogP contribution in [0.15, 0.2) is 59.5 Å². The van der Waals surface area contributed by atoms with Crippen molar-refractivity contribution in [2.75, 3.05) is 13.1 Å². The van der Waals surface area contributed by atoms with Crippen LogP contribution in [0.25, 0.3) is 0 Å². The van der Waals surface area contributed by atoms with E-state index in [0.717, 1.165) is 31.2 Å². The maximum atomic E-state index is 13.9. The van der Waals surface area contributed by atoms with Gasteiger partial charge in [-0.05, 0) is 55.5 Å². The number of piperidine rings is 1. The zero-order chi connectivity index (χ0) is 25.7. The van der Waals surface area contributed by atoms with E-state index in [0.29, 0.717) is 31.0 Å². The van der Waals surface area contributed by atoms with Crippen LogP contribution in [0.1, 0.15) is 51.0 Å². The molecule has 1 saturated heterocycles. The highest BCUT2D eigenvalue weighted by molar-refractivity contribution is 7.89. The average molecular weight is 532 g/mol. The van der Waals surface area contributed by atoms with Crippen LogP contribution in [0.5, 0.6) is 0 Å². The van der Waals surface area contributed by atoms with Gasteiger partial charge in [-0.1, -0.05) is 54.8 Å². The molecule has 1 saturated carbocycles. The van der Waals surface area contributed by atoms with Crippen molar-refractivity contribution in [2.24, 2.45) is 5.92 Å². The molecule has 4 rings (SSSR count). The van der Waals surface area contributed by atoms with Gasteiger partial charge in [0.1, 0.15) is 0 Å². The Morgan fingerprint density at radius 2 is 1.69 bits per heavy atom. The number of hydrogen-bond acceptors (Lipinski definition) is 4. The maximum Gasteiger partial charge on any atom is 0.243 e. The standard InChI is InChI=1S/C27H34ClN3O4S/c1-20(32)30-17-7-8-22(19-30)27(33)29-25-11-5-6-12-26(25)31(18-21-13-15-23(28)16-14-21)36(34,35)24-9-3-2-4-10-24/h2-4,9-10,13-16,22,25-26H,5-8,11-12,17-19H2,1H3,(H,29,33)/t22-,25-,26-/m1/s1. The first-order valence-electron chi connectivity index (χ1n) is 12.6. The first-order chi connectivity index (χ1) is 17.3. The summed E-state index contributed by atoms with van der Waals surface area (Å²) < 4.78 is 29.3. The van der Waals surface area contributed by atoms with Crippen molar-refractivity contribution in [3.05, 3.63) is 65.2 Å². The van der Waals surface area contributed by atoms with E-state index < -0.39 is 10.0 Å². The number of rotatable bonds is 7. The minimum atomic E-state index is -3.83. The Labute approximate surface area is 218 Å². The summed E-state index contributed by atoms with van der Waals surface area (Å²) in [4.78, 5) is 27.1. The Hall–Kier alpha value is -2.42. The maximum absolute atomic E-state index is 13.9. The summed E-state index contributed by atoms with van der Waals surface area (Å²) in [6.07, 6.45) is 4.70. The first-order valence-corrected chi connectivity index (χ1v) is 14.4. The van der Waals surface area contributed by atoms with Gasteiger partial charge in [0.2, 0.25) is 21.8 Å². The topological polar surface area (TPSA) is 86.8 Å². The fourth-order valence-corrected chi connectivity index (χ4v) is 7.11. The molecular formula is C27H34ClN3O4S. The van der Waals surface area contributed by atoms with Crippen LogP contribution in [0, 0.1) is 5.92 Å². The Kier molecular flexibility index (Phi) is 8.70. The van der Waals surface area contributed by atoms with E-state index >= 15 is 0 Å². The Morgan fingerprint density at radius 3 is 2.39 bits per heavy atom. The lowest BCUT2D eigenvalue weighted by Gasteiger charge is -2.40. The lowest BCUT2D eigenvalue weighted by atomic mass is 9.88. The molecular weight excluding hydrogens is 498 g/mol. The fourth-order valence-electron chi connectivity index (χ4n) is 5.28. The predicted molar refractivity (Wildman–Crippen MR) is 140 cm³/mol.